The van der Waals surface area contributed by atoms with Crippen LogP contribution in [0.2, 0.25) is 0 Å². The van der Waals surface area contributed by atoms with E-state index in [1.54, 1.807) is 11.0 Å². The predicted molar refractivity (Wildman–Crippen MR) is 92.3 cm³/mol. The Morgan fingerprint density at radius 2 is 2.17 bits per heavy atom. The highest BCUT2D eigenvalue weighted by molar-refractivity contribution is 5.75. The molecule has 0 spiro atoms. The number of carbonyl (C=O) groups excluding carboxylic acids is 1. The van der Waals surface area contributed by atoms with Gasteiger partial charge in [-0.25, -0.2) is 4.98 Å². The lowest BCUT2D eigenvalue weighted by atomic mass is 9.99. The van der Waals surface area contributed by atoms with Crippen molar-refractivity contribution >= 4 is 5.91 Å². The van der Waals surface area contributed by atoms with Crippen LogP contribution in [0.3, 0.4) is 0 Å². The molecule has 0 saturated heterocycles. The number of carbonyl (C=O) groups is 1. The van der Waals surface area contributed by atoms with Crippen molar-refractivity contribution in [3.05, 3.63) is 48.0 Å². The number of hydrogen-bond donors (Lipinski definition) is 1. The van der Waals surface area contributed by atoms with Crippen LogP contribution >= 0.6 is 0 Å². The Morgan fingerprint density at radius 1 is 1.33 bits per heavy atom. The standard InChI is InChI=1S/C18H25N5O/c1-15(22-10-8-16-5-2-3-6-17(16)12-22)11-20-18(24)7-4-9-23-14-19-13-21-23/h2-3,5-6,13-15H,4,7-12H2,1H3,(H,20,24)/t15-/m0/s1. The Bertz CT molecular complexity index is 655. The lowest BCUT2D eigenvalue weighted by Gasteiger charge is -2.33. The molecule has 2 aromatic rings. The van der Waals surface area contributed by atoms with Crippen molar-refractivity contribution in [1.29, 1.82) is 0 Å². The molecule has 0 bridgehead atoms. The van der Waals surface area contributed by atoms with E-state index in [1.165, 1.54) is 17.5 Å². The van der Waals surface area contributed by atoms with Gasteiger partial charge in [-0.05, 0) is 30.9 Å². The molecule has 0 radical (unpaired) electrons. The molecule has 6 heteroatoms. The number of benzene rings is 1. The van der Waals surface area contributed by atoms with Crippen LogP contribution in [0.15, 0.2) is 36.9 Å². The second-order valence-electron chi connectivity index (χ2n) is 6.40. The number of rotatable bonds is 7. The minimum atomic E-state index is 0.111. The molecular weight excluding hydrogens is 302 g/mol. The average Bonchev–Trinajstić information content (AvgIpc) is 3.12. The van der Waals surface area contributed by atoms with E-state index in [4.69, 9.17) is 0 Å². The Hall–Kier alpha value is -2.21. The van der Waals surface area contributed by atoms with E-state index in [0.29, 0.717) is 19.0 Å². The summed E-state index contributed by atoms with van der Waals surface area (Å²) in [4.78, 5) is 18.3. The van der Waals surface area contributed by atoms with Crippen LogP contribution in [0.4, 0.5) is 0 Å². The molecule has 1 N–H and O–H groups in total. The molecule has 0 fully saturated rings. The molecule has 1 atom stereocenters. The molecular formula is C18H25N5O. The highest BCUT2D eigenvalue weighted by Crippen LogP contribution is 2.19. The maximum absolute atomic E-state index is 12.0. The van der Waals surface area contributed by atoms with Crippen molar-refractivity contribution in [2.45, 2.75) is 45.3 Å². The Labute approximate surface area is 142 Å². The van der Waals surface area contributed by atoms with E-state index in [2.05, 4.69) is 51.5 Å². The fraction of sp³-hybridized carbons (Fsp3) is 0.500. The zero-order chi connectivity index (χ0) is 16.8. The van der Waals surface area contributed by atoms with Gasteiger partial charge >= 0.3 is 0 Å². The van der Waals surface area contributed by atoms with Crippen LogP contribution in [0.1, 0.15) is 30.9 Å². The first-order valence-electron chi connectivity index (χ1n) is 8.62. The normalized spacial score (nSPS) is 15.7. The van der Waals surface area contributed by atoms with Crippen molar-refractivity contribution in [1.82, 2.24) is 25.0 Å². The Balaban J connectivity index is 1.37. The highest BCUT2D eigenvalue weighted by atomic mass is 16.1. The number of nitrogens with zero attached hydrogens (tertiary/aromatic N) is 4. The SMILES string of the molecule is C[C@@H](CNC(=O)CCCn1cncn1)N1CCc2ccccc2C1. The molecule has 3 rings (SSSR count). The molecule has 6 nitrogen and oxygen atoms in total. The van der Waals surface area contributed by atoms with Crippen molar-refractivity contribution < 1.29 is 4.79 Å². The lowest BCUT2D eigenvalue weighted by molar-refractivity contribution is -0.121. The fourth-order valence-electron chi connectivity index (χ4n) is 3.12. The molecule has 1 amide bonds. The van der Waals surface area contributed by atoms with Crippen LogP contribution in [-0.4, -0.2) is 44.7 Å². The van der Waals surface area contributed by atoms with Crippen LogP contribution < -0.4 is 5.32 Å². The fourth-order valence-corrected chi connectivity index (χ4v) is 3.12. The Morgan fingerprint density at radius 3 is 2.96 bits per heavy atom. The van der Waals surface area contributed by atoms with Crippen molar-refractivity contribution in [2.24, 2.45) is 0 Å². The predicted octanol–water partition coefficient (Wildman–Crippen LogP) is 1.62. The third kappa shape index (κ3) is 4.41. The van der Waals surface area contributed by atoms with Crippen LogP contribution in [0, 0.1) is 0 Å². The second kappa shape index (κ2) is 8.06. The van der Waals surface area contributed by atoms with Gasteiger partial charge in [0.2, 0.25) is 5.91 Å². The molecule has 0 unspecified atom stereocenters. The summed E-state index contributed by atoms with van der Waals surface area (Å²) in [5, 5.41) is 7.09. The third-order valence-electron chi connectivity index (χ3n) is 4.64. The van der Waals surface area contributed by atoms with Crippen molar-refractivity contribution in [2.75, 3.05) is 13.1 Å². The summed E-state index contributed by atoms with van der Waals surface area (Å²) in [6.07, 6.45) is 5.58. The van der Waals surface area contributed by atoms with Gasteiger partial charge in [0.15, 0.2) is 0 Å². The van der Waals surface area contributed by atoms with Gasteiger partial charge in [0.25, 0.3) is 0 Å². The molecule has 1 aromatic carbocycles. The largest absolute Gasteiger partial charge is 0.355 e. The maximum atomic E-state index is 12.0. The van der Waals surface area contributed by atoms with Gasteiger partial charge in [0.05, 0.1) is 0 Å². The maximum Gasteiger partial charge on any atom is 0.220 e. The first-order valence-corrected chi connectivity index (χ1v) is 8.62. The number of aryl methyl sites for hydroxylation is 1. The number of amides is 1. The molecule has 0 aliphatic carbocycles. The van der Waals surface area contributed by atoms with E-state index in [1.807, 2.05) is 0 Å². The van der Waals surface area contributed by atoms with Crippen LogP contribution in [0.5, 0.6) is 0 Å². The topological polar surface area (TPSA) is 63.1 Å². The summed E-state index contributed by atoms with van der Waals surface area (Å²) < 4.78 is 1.75. The van der Waals surface area contributed by atoms with Gasteiger partial charge in [-0.1, -0.05) is 24.3 Å². The number of nitrogens with one attached hydrogen (secondary N) is 1. The van der Waals surface area contributed by atoms with Gasteiger partial charge in [0, 0.05) is 38.6 Å². The molecule has 0 saturated carbocycles. The highest BCUT2D eigenvalue weighted by Gasteiger charge is 2.20. The smallest absolute Gasteiger partial charge is 0.220 e. The summed E-state index contributed by atoms with van der Waals surface area (Å²) in [5.41, 5.74) is 2.87. The summed E-state index contributed by atoms with van der Waals surface area (Å²) in [5.74, 6) is 0.111. The number of hydrogen-bond acceptors (Lipinski definition) is 4. The zero-order valence-corrected chi connectivity index (χ0v) is 14.2. The Kier molecular flexibility index (Phi) is 5.59. The van der Waals surface area contributed by atoms with Gasteiger partial charge in [0.1, 0.15) is 12.7 Å². The third-order valence-corrected chi connectivity index (χ3v) is 4.64. The van der Waals surface area contributed by atoms with Gasteiger partial charge in [-0.2, -0.15) is 5.10 Å². The van der Waals surface area contributed by atoms with Crippen LogP contribution in [0.25, 0.3) is 0 Å². The molecule has 1 aromatic heterocycles. The van der Waals surface area contributed by atoms with Crippen molar-refractivity contribution in [3.63, 3.8) is 0 Å². The zero-order valence-electron chi connectivity index (χ0n) is 14.2. The van der Waals surface area contributed by atoms with Gasteiger partial charge < -0.3 is 5.32 Å². The minimum absolute atomic E-state index is 0.111. The molecule has 2 heterocycles. The molecule has 24 heavy (non-hydrogen) atoms. The number of aromatic nitrogens is 3. The first kappa shape index (κ1) is 16.6. The van der Waals surface area contributed by atoms with Crippen molar-refractivity contribution in [3.8, 4) is 0 Å². The van der Waals surface area contributed by atoms with E-state index in [9.17, 15) is 4.79 Å². The lowest BCUT2D eigenvalue weighted by Crippen LogP contribution is -2.44. The number of fused-ring (bicyclic) bond motifs is 1. The second-order valence-corrected chi connectivity index (χ2v) is 6.40. The molecule has 128 valence electrons. The quantitative estimate of drug-likeness (QED) is 0.839. The summed E-state index contributed by atoms with van der Waals surface area (Å²) >= 11 is 0. The first-order chi connectivity index (χ1) is 11.7. The van der Waals surface area contributed by atoms with E-state index < -0.39 is 0 Å². The molecule has 1 aliphatic rings. The van der Waals surface area contributed by atoms with Crippen LogP contribution in [-0.2, 0) is 24.3 Å². The van der Waals surface area contributed by atoms with E-state index >= 15 is 0 Å². The summed E-state index contributed by atoms with van der Waals surface area (Å²) in [6.45, 7) is 5.64. The monoisotopic (exact) mass is 327 g/mol. The summed E-state index contributed by atoms with van der Waals surface area (Å²) in [6, 6.07) is 8.98. The van der Waals surface area contributed by atoms with E-state index in [0.717, 1.165) is 32.5 Å². The van der Waals surface area contributed by atoms with Gasteiger partial charge in [-0.15, -0.1) is 0 Å². The molecule has 1 aliphatic heterocycles. The average molecular weight is 327 g/mol. The van der Waals surface area contributed by atoms with Gasteiger partial charge in [-0.3, -0.25) is 14.4 Å². The minimum Gasteiger partial charge on any atom is -0.355 e. The summed E-state index contributed by atoms with van der Waals surface area (Å²) in [7, 11) is 0. The van der Waals surface area contributed by atoms with E-state index in [-0.39, 0.29) is 5.91 Å².